The Hall–Kier alpha value is -1.92. The Kier molecular flexibility index (Phi) is 5.71. The first-order valence-corrected chi connectivity index (χ1v) is 8.96. The number of carbonyl (C=O) groups is 2. The number of rotatable bonds is 5. The molecule has 2 N–H and O–H groups in total. The number of nitrogens with two attached hydrogens (primary N) is 1. The first-order chi connectivity index (χ1) is 12.1. The van der Waals surface area contributed by atoms with Gasteiger partial charge in [-0.2, -0.15) is 0 Å². The Morgan fingerprint density at radius 1 is 1.32 bits per heavy atom. The quantitative estimate of drug-likeness (QED) is 0.874. The van der Waals surface area contributed by atoms with Crippen LogP contribution in [0.1, 0.15) is 37.3 Å². The summed E-state index contributed by atoms with van der Waals surface area (Å²) < 4.78 is 11.4. The van der Waals surface area contributed by atoms with E-state index in [1.807, 2.05) is 24.3 Å². The lowest BCUT2D eigenvalue weighted by Crippen LogP contribution is -2.54. The Morgan fingerprint density at radius 3 is 2.76 bits per heavy atom. The largest absolute Gasteiger partial charge is 0.376 e. The fraction of sp³-hybridized carbons (Fsp3) is 0.579. The summed E-state index contributed by atoms with van der Waals surface area (Å²) in [7, 11) is 0. The van der Waals surface area contributed by atoms with Gasteiger partial charge in [0.25, 0.3) is 5.91 Å². The number of amides is 2. The number of benzene rings is 1. The second kappa shape index (κ2) is 7.97. The van der Waals surface area contributed by atoms with Gasteiger partial charge in [0.15, 0.2) is 0 Å². The van der Waals surface area contributed by atoms with Gasteiger partial charge in [-0.25, -0.2) is 0 Å². The van der Waals surface area contributed by atoms with Crippen molar-refractivity contribution in [1.82, 2.24) is 4.90 Å². The Morgan fingerprint density at radius 2 is 2.08 bits per heavy atom. The monoisotopic (exact) mass is 346 g/mol. The van der Waals surface area contributed by atoms with Crippen molar-refractivity contribution in [2.75, 3.05) is 13.2 Å². The average molecular weight is 346 g/mol. The molecule has 3 rings (SSSR count). The minimum absolute atomic E-state index is 0.0537. The van der Waals surface area contributed by atoms with Gasteiger partial charge in [-0.15, -0.1) is 0 Å². The third kappa shape index (κ3) is 4.19. The molecule has 0 saturated carbocycles. The van der Waals surface area contributed by atoms with Crippen LogP contribution in [-0.4, -0.2) is 48.2 Å². The second-order valence-electron chi connectivity index (χ2n) is 6.82. The molecule has 0 unspecified atom stereocenters. The zero-order valence-electron chi connectivity index (χ0n) is 14.6. The van der Waals surface area contributed by atoms with Crippen molar-refractivity contribution in [1.29, 1.82) is 0 Å². The lowest BCUT2D eigenvalue weighted by atomic mass is 9.93. The van der Waals surface area contributed by atoms with E-state index in [0.717, 1.165) is 37.0 Å². The van der Waals surface area contributed by atoms with E-state index in [1.54, 1.807) is 11.8 Å². The zero-order valence-corrected chi connectivity index (χ0v) is 14.6. The molecular formula is C19H26N2O4. The number of primary amides is 1. The van der Waals surface area contributed by atoms with Crippen molar-refractivity contribution in [3.05, 3.63) is 35.4 Å². The number of carbonyl (C=O) groups excluding carboxylic acids is 2. The Bertz CT molecular complexity index is 628. The molecule has 2 aliphatic heterocycles. The van der Waals surface area contributed by atoms with Crippen molar-refractivity contribution in [3.8, 4) is 0 Å². The minimum atomic E-state index is -0.627. The van der Waals surface area contributed by atoms with Gasteiger partial charge in [-0.05, 0) is 37.3 Å². The normalized spacial score (nSPS) is 24.4. The molecule has 1 aromatic rings. The molecule has 3 atom stereocenters. The fourth-order valence-corrected chi connectivity index (χ4v) is 3.50. The molecule has 6 nitrogen and oxygen atoms in total. The van der Waals surface area contributed by atoms with E-state index in [9.17, 15) is 9.59 Å². The summed E-state index contributed by atoms with van der Waals surface area (Å²) in [6.07, 6.45) is 3.05. The number of hydrogen-bond acceptors (Lipinski definition) is 4. The number of ether oxygens (including phenoxy) is 2. The summed E-state index contributed by atoms with van der Waals surface area (Å²) >= 11 is 0. The molecule has 2 heterocycles. The molecule has 1 fully saturated rings. The Labute approximate surface area is 148 Å². The van der Waals surface area contributed by atoms with Gasteiger partial charge in [-0.3, -0.25) is 9.59 Å². The van der Waals surface area contributed by atoms with E-state index >= 15 is 0 Å². The summed E-state index contributed by atoms with van der Waals surface area (Å²) in [5.41, 5.74) is 7.67. The molecule has 25 heavy (non-hydrogen) atoms. The van der Waals surface area contributed by atoms with Crippen LogP contribution in [0.25, 0.3) is 0 Å². The van der Waals surface area contributed by atoms with Crippen molar-refractivity contribution >= 4 is 11.8 Å². The number of hydrogen-bond donors (Lipinski definition) is 1. The highest BCUT2D eigenvalue weighted by Crippen LogP contribution is 2.24. The summed E-state index contributed by atoms with van der Waals surface area (Å²) in [4.78, 5) is 26.3. The molecule has 1 saturated heterocycles. The molecule has 0 bridgehead atoms. The van der Waals surface area contributed by atoms with E-state index in [4.69, 9.17) is 15.2 Å². The zero-order chi connectivity index (χ0) is 17.8. The van der Waals surface area contributed by atoms with Gasteiger partial charge in [-0.1, -0.05) is 24.3 Å². The average Bonchev–Trinajstić information content (AvgIpc) is 2.65. The smallest absolute Gasteiger partial charge is 0.252 e. The highest BCUT2D eigenvalue weighted by Gasteiger charge is 2.35. The molecule has 2 amide bonds. The molecule has 1 aromatic carbocycles. The van der Waals surface area contributed by atoms with Gasteiger partial charge >= 0.3 is 0 Å². The van der Waals surface area contributed by atoms with E-state index in [2.05, 4.69) is 0 Å². The predicted octanol–water partition coefficient (Wildman–Crippen LogP) is 1.40. The van der Waals surface area contributed by atoms with Crippen molar-refractivity contribution < 1.29 is 19.1 Å². The molecular weight excluding hydrogens is 320 g/mol. The van der Waals surface area contributed by atoms with Crippen molar-refractivity contribution in [3.63, 3.8) is 0 Å². The standard InChI is InChI=1S/C19H26N2O4/c1-13(25-12-16-8-4-5-9-24-16)19(23)21-11-15-7-3-2-6-14(15)10-17(21)18(20)22/h2-3,6-7,13,16-17H,4-5,8-12H2,1H3,(H2,20,22)/t13-,16-,17+/m1/s1. The molecule has 0 aromatic heterocycles. The predicted molar refractivity (Wildman–Crippen MR) is 92.7 cm³/mol. The SMILES string of the molecule is C[C@@H](OC[C@H]1CCCCO1)C(=O)N1Cc2ccccc2C[C@H]1C(N)=O. The van der Waals surface area contributed by atoms with Crippen LogP contribution < -0.4 is 5.73 Å². The van der Waals surface area contributed by atoms with E-state index in [0.29, 0.717) is 19.6 Å². The highest BCUT2D eigenvalue weighted by atomic mass is 16.5. The van der Waals surface area contributed by atoms with E-state index in [-0.39, 0.29) is 12.0 Å². The van der Waals surface area contributed by atoms with Crippen molar-refractivity contribution in [2.45, 2.75) is 57.4 Å². The highest BCUT2D eigenvalue weighted by molar-refractivity contribution is 5.89. The second-order valence-corrected chi connectivity index (χ2v) is 6.82. The maximum atomic E-state index is 12.8. The van der Waals surface area contributed by atoms with Crippen LogP contribution in [0.3, 0.4) is 0 Å². The van der Waals surface area contributed by atoms with Gasteiger partial charge < -0.3 is 20.1 Å². The van der Waals surface area contributed by atoms with Gasteiger partial charge in [0, 0.05) is 19.6 Å². The third-order valence-corrected chi connectivity index (χ3v) is 5.01. The summed E-state index contributed by atoms with van der Waals surface area (Å²) in [6, 6.07) is 7.21. The maximum Gasteiger partial charge on any atom is 0.252 e. The molecule has 6 heteroatoms. The number of nitrogens with zero attached hydrogens (tertiary/aromatic N) is 1. The first-order valence-electron chi connectivity index (χ1n) is 8.96. The van der Waals surface area contributed by atoms with Gasteiger partial charge in [0.05, 0.1) is 12.7 Å². The molecule has 0 aliphatic carbocycles. The van der Waals surface area contributed by atoms with Gasteiger partial charge in [0.2, 0.25) is 5.91 Å². The van der Waals surface area contributed by atoms with Crippen LogP contribution in [0.4, 0.5) is 0 Å². The Balaban J connectivity index is 1.65. The number of fused-ring (bicyclic) bond motifs is 1. The minimum Gasteiger partial charge on any atom is -0.376 e. The van der Waals surface area contributed by atoms with E-state index in [1.165, 1.54) is 0 Å². The van der Waals surface area contributed by atoms with Crippen LogP contribution in [0.2, 0.25) is 0 Å². The van der Waals surface area contributed by atoms with Crippen molar-refractivity contribution in [2.24, 2.45) is 5.73 Å². The molecule has 0 spiro atoms. The molecule has 136 valence electrons. The lowest BCUT2D eigenvalue weighted by molar-refractivity contribution is -0.152. The van der Waals surface area contributed by atoms with Crippen LogP contribution in [-0.2, 0) is 32.0 Å². The molecule has 2 aliphatic rings. The van der Waals surface area contributed by atoms with E-state index < -0.39 is 18.1 Å². The third-order valence-electron chi connectivity index (χ3n) is 5.01. The molecule has 0 radical (unpaired) electrons. The lowest BCUT2D eigenvalue weighted by Gasteiger charge is -2.36. The first kappa shape index (κ1) is 17.9. The summed E-state index contributed by atoms with van der Waals surface area (Å²) in [5, 5.41) is 0. The summed E-state index contributed by atoms with van der Waals surface area (Å²) in [5.74, 6) is -0.681. The van der Waals surface area contributed by atoms with Crippen LogP contribution in [0.5, 0.6) is 0 Å². The topological polar surface area (TPSA) is 81.9 Å². The summed E-state index contributed by atoms with van der Waals surface area (Å²) in [6.45, 7) is 3.27. The fourth-order valence-electron chi connectivity index (χ4n) is 3.50. The van der Waals surface area contributed by atoms with Crippen LogP contribution >= 0.6 is 0 Å². The van der Waals surface area contributed by atoms with Gasteiger partial charge in [0.1, 0.15) is 12.1 Å². The maximum absolute atomic E-state index is 12.8. The van der Waals surface area contributed by atoms with Crippen LogP contribution in [0.15, 0.2) is 24.3 Å². The van der Waals surface area contributed by atoms with Crippen LogP contribution in [0, 0.1) is 0 Å².